The lowest BCUT2D eigenvalue weighted by Gasteiger charge is -2.44. The molecular formula is C28H36N2O5. The van der Waals surface area contributed by atoms with Crippen LogP contribution in [0.1, 0.15) is 54.2 Å². The highest BCUT2D eigenvalue weighted by Crippen LogP contribution is 2.52. The SMILES string of the molecule is COCCO[C@H]1[C@H](NC(=O)C(C)C)c2ccccc2C12CCN(C(=O)c1ccc(OC)cc1)CC2. The summed E-state index contributed by atoms with van der Waals surface area (Å²) in [6.07, 6.45) is 1.30. The van der Waals surface area contributed by atoms with Gasteiger partial charge in [-0.2, -0.15) is 0 Å². The number of carbonyl (C=O) groups excluding carboxylic acids is 2. The molecule has 2 atom stereocenters. The lowest BCUT2D eigenvalue weighted by molar-refractivity contribution is -0.127. The van der Waals surface area contributed by atoms with Crippen LogP contribution >= 0.6 is 0 Å². The molecule has 0 bridgehead atoms. The van der Waals surface area contributed by atoms with Crippen LogP contribution in [-0.2, 0) is 19.7 Å². The first kappa shape index (κ1) is 25.2. The van der Waals surface area contributed by atoms with E-state index in [9.17, 15) is 9.59 Å². The fourth-order valence-electron chi connectivity index (χ4n) is 5.42. The van der Waals surface area contributed by atoms with Gasteiger partial charge in [-0.25, -0.2) is 0 Å². The zero-order valence-electron chi connectivity index (χ0n) is 21.1. The van der Waals surface area contributed by atoms with Gasteiger partial charge in [0, 0.05) is 37.1 Å². The molecular weight excluding hydrogens is 444 g/mol. The highest BCUT2D eigenvalue weighted by molar-refractivity contribution is 5.94. The summed E-state index contributed by atoms with van der Waals surface area (Å²) in [5, 5.41) is 3.26. The Morgan fingerprint density at radius 3 is 2.34 bits per heavy atom. The number of likely N-dealkylation sites (tertiary alicyclic amines) is 1. The van der Waals surface area contributed by atoms with Crippen molar-refractivity contribution in [2.45, 2.75) is 44.2 Å². The van der Waals surface area contributed by atoms with Gasteiger partial charge in [0.1, 0.15) is 5.75 Å². The molecule has 2 aromatic carbocycles. The molecule has 0 aromatic heterocycles. The van der Waals surface area contributed by atoms with Crippen LogP contribution < -0.4 is 10.1 Å². The molecule has 1 fully saturated rings. The van der Waals surface area contributed by atoms with E-state index >= 15 is 0 Å². The molecule has 0 radical (unpaired) electrons. The predicted molar refractivity (Wildman–Crippen MR) is 134 cm³/mol. The number of piperidine rings is 1. The van der Waals surface area contributed by atoms with Crippen molar-refractivity contribution in [3.8, 4) is 5.75 Å². The minimum atomic E-state index is -0.282. The van der Waals surface area contributed by atoms with Crippen molar-refractivity contribution >= 4 is 11.8 Å². The average molecular weight is 481 g/mol. The molecule has 1 spiro atoms. The Morgan fingerprint density at radius 1 is 1.03 bits per heavy atom. The minimum absolute atomic E-state index is 0.00862. The minimum Gasteiger partial charge on any atom is -0.497 e. The quantitative estimate of drug-likeness (QED) is 0.583. The Hall–Kier alpha value is -2.90. The van der Waals surface area contributed by atoms with Crippen molar-refractivity contribution in [2.24, 2.45) is 5.92 Å². The van der Waals surface area contributed by atoms with Crippen LogP contribution in [0.3, 0.4) is 0 Å². The molecule has 1 N–H and O–H groups in total. The molecule has 0 unspecified atom stereocenters. The number of fused-ring (bicyclic) bond motifs is 2. The van der Waals surface area contributed by atoms with Gasteiger partial charge in [0.2, 0.25) is 5.91 Å². The summed E-state index contributed by atoms with van der Waals surface area (Å²) in [7, 11) is 3.27. The van der Waals surface area contributed by atoms with Crippen LogP contribution in [0.25, 0.3) is 0 Å². The molecule has 188 valence electrons. The molecule has 2 aromatic rings. The van der Waals surface area contributed by atoms with E-state index in [0.717, 1.165) is 24.2 Å². The molecule has 1 heterocycles. The van der Waals surface area contributed by atoms with Crippen LogP contribution in [-0.4, -0.2) is 63.3 Å². The highest BCUT2D eigenvalue weighted by atomic mass is 16.5. The van der Waals surface area contributed by atoms with Gasteiger partial charge in [-0.15, -0.1) is 0 Å². The first-order valence-electron chi connectivity index (χ1n) is 12.3. The van der Waals surface area contributed by atoms with Gasteiger partial charge >= 0.3 is 0 Å². The smallest absolute Gasteiger partial charge is 0.253 e. The van der Waals surface area contributed by atoms with E-state index < -0.39 is 0 Å². The molecule has 7 nitrogen and oxygen atoms in total. The summed E-state index contributed by atoms with van der Waals surface area (Å²) < 4.78 is 16.9. The maximum absolute atomic E-state index is 13.2. The van der Waals surface area contributed by atoms with E-state index in [4.69, 9.17) is 14.2 Å². The number of benzene rings is 2. The maximum atomic E-state index is 13.2. The summed E-state index contributed by atoms with van der Waals surface area (Å²) in [4.78, 5) is 27.9. The van der Waals surface area contributed by atoms with Gasteiger partial charge in [-0.05, 0) is 48.2 Å². The second-order valence-corrected chi connectivity index (χ2v) is 9.69. The third-order valence-electron chi connectivity index (χ3n) is 7.37. The molecule has 7 heteroatoms. The number of rotatable bonds is 8. The predicted octanol–water partition coefficient (Wildman–Crippen LogP) is 3.73. The second kappa shape index (κ2) is 10.8. The van der Waals surface area contributed by atoms with Crippen LogP contribution in [0.2, 0.25) is 0 Å². The van der Waals surface area contributed by atoms with E-state index in [2.05, 4.69) is 17.4 Å². The number of carbonyl (C=O) groups is 2. The van der Waals surface area contributed by atoms with Gasteiger partial charge in [0.15, 0.2) is 0 Å². The Balaban J connectivity index is 1.59. The lowest BCUT2D eigenvalue weighted by Crippen LogP contribution is -2.52. The monoisotopic (exact) mass is 480 g/mol. The molecule has 1 aliphatic heterocycles. The van der Waals surface area contributed by atoms with Gasteiger partial charge in [0.05, 0.1) is 32.5 Å². The second-order valence-electron chi connectivity index (χ2n) is 9.69. The fraction of sp³-hybridized carbons (Fsp3) is 0.500. The summed E-state index contributed by atoms with van der Waals surface area (Å²) in [5.74, 6) is 0.638. The van der Waals surface area contributed by atoms with Gasteiger partial charge in [0.25, 0.3) is 5.91 Å². The Morgan fingerprint density at radius 2 is 1.71 bits per heavy atom. The standard InChI is InChI=1S/C28H36N2O5/c1-19(2)26(31)29-24-22-7-5-6-8-23(22)28(25(24)35-18-17-33-3)13-15-30(16-14-28)27(32)20-9-11-21(34-4)12-10-20/h5-12,19,24-25H,13-18H2,1-4H3,(H,29,31)/t24-,25+/m1/s1. The maximum Gasteiger partial charge on any atom is 0.253 e. The Labute approximate surface area is 207 Å². The van der Waals surface area contributed by atoms with Crippen molar-refractivity contribution in [1.82, 2.24) is 10.2 Å². The number of ether oxygens (including phenoxy) is 3. The van der Waals surface area contributed by atoms with Crippen molar-refractivity contribution < 1.29 is 23.8 Å². The fourth-order valence-corrected chi connectivity index (χ4v) is 5.42. The first-order chi connectivity index (χ1) is 16.9. The van der Waals surface area contributed by atoms with E-state index in [-0.39, 0.29) is 35.3 Å². The highest BCUT2D eigenvalue weighted by Gasteiger charge is 2.54. The molecule has 1 saturated heterocycles. The first-order valence-corrected chi connectivity index (χ1v) is 12.3. The number of hydrogen-bond donors (Lipinski definition) is 1. The molecule has 2 amide bonds. The lowest BCUT2D eigenvalue weighted by atomic mass is 9.71. The van der Waals surface area contributed by atoms with E-state index in [1.165, 1.54) is 5.56 Å². The van der Waals surface area contributed by atoms with Crippen LogP contribution in [0, 0.1) is 5.92 Å². The Bertz CT molecular complexity index is 1030. The molecule has 1 aliphatic carbocycles. The average Bonchev–Trinajstić information content (AvgIpc) is 3.13. The molecule has 4 rings (SSSR count). The third kappa shape index (κ3) is 4.93. The van der Waals surface area contributed by atoms with Gasteiger partial charge in [-0.1, -0.05) is 38.1 Å². The van der Waals surface area contributed by atoms with E-state index in [1.807, 2.05) is 55.1 Å². The Kier molecular flexibility index (Phi) is 7.77. The van der Waals surface area contributed by atoms with Crippen LogP contribution in [0.15, 0.2) is 48.5 Å². The third-order valence-corrected chi connectivity index (χ3v) is 7.37. The zero-order valence-corrected chi connectivity index (χ0v) is 21.1. The van der Waals surface area contributed by atoms with Gasteiger partial charge < -0.3 is 24.4 Å². The van der Waals surface area contributed by atoms with Crippen LogP contribution in [0.4, 0.5) is 0 Å². The van der Waals surface area contributed by atoms with Crippen molar-refractivity contribution in [3.63, 3.8) is 0 Å². The summed E-state index contributed by atoms with van der Waals surface area (Å²) in [6.45, 7) is 5.96. The van der Waals surface area contributed by atoms with E-state index in [1.54, 1.807) is 14.2 Å². The van der Waals surface area contributed by atoms with Crippen molar-refractivity contribution in [2.75, 3.05) is 40.5 Å². The van der Waals surface area contributed by atoms with Crippen molar-refractivity contribution in [3.05, 3.63) is 65.2 Å². The molecule has 2 aliphatic rings. The summed E-state index contributed by atoms with van der Waals surface area (Å²) >= 11 is 0. The number of amides is 2. The zero-order chi connectivity index (χ0) is 25.0. The van der Waals surface area contributed by atoms with Gasteiger partial charge in [-0.3, -0.25) is 9.59 Å². The normalized spacial score (nSPS) is 20.7. The molecule has 35 heavy (non-hydrogen) atoms. The topological polar surface area (TPSA) is 77.1 Å². The number of hydrogen-bond acceptors (Lipinski definition) is 5. The number of methoxy groups -OCH3 is 2. The van der Waals surface area contributed by atoms with Crippen molar-refractivity contribution in [1.29, 1.82) is 0 Å². The molecule has 0 saturated carbocycles. The summed E-state index contributed by atoms with van der Waals surface area (Å²) in [6, 6.07) is 15.3. The van der Waals surface area contributed by atoms with E-state index in [0.29, 0.717) is 31.9 Å². The summed E-state index contributed by atoms with van der Waals surface area (Å²) in [5.41, 5.74) is 2.70. The van der Waals surface area contributed by atoms with Crippen LogP contribution in [0.5, 0.6) is 5.75 Å². The number of nitrogens with zero attached hydrogens (tertiary/aromatic N) is 1. The largest absolute Gasteiger partial charge is 0.497 e. The number of nitrogens with one attached hydrogen (secondary N) is 1.